The molecule has 0 aliphatic carbocycles. The predicted octanol–water partition coefficient (Wildman–Crippen LogP) is 3.52. The molecule has 0 saturated carbocycles. The number of rotatable bonds is 8. The van der Waals surface area contributed by atoms with Crippen LogP contribution < -0.4 is 5.32 Å². The van der Waals surface area contributed by atoms with Gasteiger partial charge in [0.15, 0.2) is 0 Å². The van der Waals surface area contributed by atoms with Crippen LogP contribution in [-0.4, -0.2) is 34.8 Å². The van der Waals surface area contributed by atoms with Gasteiger partial charge in [-0.15, -0.1) is 11.3 Å². The van der Waals surface area contributed by atoms with Gasteiger partial charge >= 0.3 is 0 Å². The van der Waals surface area contributed by atoms with E-state index in [0.29, 0.717) is 18.8 Å². The highest BCUT2D eigenvalue weighted by atomic mass is 32.1. The van der Waals surface area contributed by atoms with Crippen LogP contribution in [0, 0.1) is 0 Å². The molecule has 0 radical (unpaired) electrons. The molecule has 0 atom stereocenters. The molecule has 3 rings (SSSR count). The third-order valence-corrected chi connectivity index (χ3v) is 5.24. The molecule has 5 nitrogen and oxygen atoms in total. The number of nitrogens with zero attached hydrogens (tertiary/aromatic N) is 2. The Bertz CT molecular complexity index is 910. The molecule has 0 spiro atoms. The van der Waals surface area contributed by atoms with E-state index in [2.05, 4.69) is 10.3 Å². The van der Waals surface area contributed by atoms with E-state index in [1.807, 2.05) is 73.0 Å². The molecule has 0 aliphatic heterocycles. The number of carbonyl (C=O) groups excluding carboxylic acids is 2. The maximum Gasteiger partial charge on any atom is 0.242 e. The summed E-state index contributed by atoms with van der Waals surface area (Å²) in [6.07, 6.45) is 0.168. The largest absolute Gasteiger partial charge is 0.347 e. The monoisotopic (exact) mass is 393 g/mol. The predicted molar refractivity (Wildman–Crippen MR) is 112 cm³/mol. The molecule has 1 heterocycles. The molecule has 1 aromatic heterocycles. The second-order valence-corrected chi connectivity index (χ2v) is 7.22. The van der Waals surface area contributed by atoms with Crippen LogP contribution in [0.5, 0.6) is 0 Å². The maximum absolute atomic E-state index is 12.4. The molecule has 3 aromatic rings. The number of thiazole rings is 1. The quantitative estimate of drug-likeness (QED) is 0.637. The van der Waals surface area contributed by atoms with Crippen LogP contribution in [0.1, 0.15) is 18.2 Å². The van der Waals surface area contributed by atoms with E-state index < -0.39 is 0 Å². The van der Waals surface area contributed by atoms with Crippen LogP contribution >= 0.6 is 11.3 Å². The second kappa shape index (κ2) is 9.80. The average molecular weight is 394 g/mol. The molecular formula is C22H23N3O2S. The Morgan fingerprint density at radius 3 is 2.39 bits per heavy atom. The molecule has 0 bridgehead atoms. The first-order valence-corrected chi connectivity index (χ1v) is 10.1. The lowest BCUT2D eigenvalue weighted by molar-refractivity contribution is -0.133. The van der Waals surface area contributed by atoms with Gasteiger partial charge in [-0.3, -0.25) is 9.59 Å². The van der Waals surface area contributed by atoms with Crippen molar-refractivity contribution in [1.82, 2.24) is 15.2 Å². The molecule has 0 aliphatic rings. The standard InChI is InChI=1S/C22H23N3O2S/c1-2-25(15-17-9-5-3-6-10-17)21(27)14-23-20(26)13-19-16-28-22(24-19)18-11-7-4-8-12-18/h3-12,16H,2,13-15H2,1H3,(H,23,26). The Hall–Kier alpha value is -2.99. The zero-order valence-electron chi connectivity index (χ0n) is 15.8. The smallest absolute Gasteiger partial charge is 0.242 e. The Morgan fingerprint density at radius 2 is 1.71 bits per heavy atom. The van der Waals surface area contributed by atoms with Crippen molar-refractivity contribution in [2.24, 2.45) is 0 Å². The minimum atomic E-state index is -0.200. The molecule has 0 saturated heterocycles. The lowest BCUT2D eigenvalue weighted by Crippen LogP contribution is -2.40. The number of carbonyl (C=O) groups is 2. The van der Waals surface area contributed by atoms with Crippen LogP contribution in [0.25, 0.3) is 10.6 Å². The van der Waals surface area contributed by atoms with E-state index in [9.17, 15) is 9.59 Å². The zero-order chi connectivity index (χ0) is 19.8. The lowest BCUT2D eigenvalue weighted by atomic mass is 10.2. The normalized spacial score (nSPS) is 10.5. The minimum absolute atomic E-state index is 0.00478. The highest BCUT2D eigenvalue weighted by Crippen LogP contribution is 2.23. The first-order chi connectivity index (χ1) is 13.7. The zero-order valence-corrected chi connectivity index (χ0v) is 16.6. The summed E-state index contributed by atoms with van der Waals surface area (Å²) in [6.45, 7) is 3.06. The summed E-state index contributed by atoms with van der Waals surface area (Å²) in [6, 6.07) is 19.7. The number of likely N-dealkylation sites (N-methyl/N-ethyl adjacent to an activating group) is 1. The number of amides is 2. The summed E-state index contributed by atoms with van der Waals surface area (Å²) >= 11 is 1.51. The summed E-state index contributed by atoms with van der Waals surface area (Å²) < 4.78 is 0. The van der Waals surface area contributed by atoms with Crippen LogP contribution in [-0.2, 0) is 22.6 Å². The van der Waals surface area contributed by atoms with Crippen molar-refractivity contribution in [3.8, 4) is 10.6 Å². The van der Waals surface area contributed by atoms with Crippen molar-refractivity contribution in [2.75, 3.05) is 13.1 Å². The summed E-state index contributed by atoms with van der Waals surface area (Å²) in [7, 11) is 0. The van der Waals surface area contributed by atoms with Gasteiger partial charge in [0.2, 0.25) is 11.8 Å². The van der Waals surface area contributed by atoms with E-state index in [4.69, 9.17) is 0 Å². The maximum atomic E-state index is 12.4. The Labute approximate surface area is 169 Å². The molecule has 6 heteroatoms. The van der Waals surface area contributed by atoms with Crippen LogP contribution in [0.15, 0.2) is 66.0 Å². The average Bonchev–Trinajstić information content (AvgIpc) is 3.20. The Balaban J connectivity index is 1.49. The number of aromatic nitrogens is 1. The highest BCUT2D eigenvalue weighted by molar-refractivity contribution is 7.13. The number of hydrogen-bond donors (Lipinski definition) is 1. The Morgan fingerprint density at radius 1 is 1.04 bits per heavy atom. The molecule has 28 heavy (non-hydrogen) atoms. The van der Waals surface area contributed by atoms with E-state index in [-0.39, 0.29) is 24.8 Å². The van der Waals surface area contributed by atoms with Gasteiger partial charge in [-0.2, -0.15) is 0 Å². The van der Waals surface area contributed by atoms with Crippen molar-refractivity contribution in [1.29, 1.82) is 0 Å². The molecule has 0 fully saturated rings. The van der Waals surface area contributed by atoms with E-state index in [0.717, 1.165) is 16.1 Å². The first-order valence-electron chi connectivity index (χ1n) is 9.24. The van der Waals surface area contributed by atoms with Crippen LogP contribution in [0.4, 0.5) is 0 Å². The third kappa shape index (κ3) is 5.50. The number of hydrogen-bond acceptors (Lipinski definition) is 4. The summed E-state index contributed by atoms with van der Waals surface area (Å²) in [5, 5.41) is 5.49. The third-order valence-electron chi connectivity index (χ3n) is 4.30. The van der Waals surface area contributed by atoms with Gasteiger partial charge in [-0.05, 0) is 12.5 Å². The van der Waals surface area contributed by atoms with Crippen LogP contribution in [0.2, 0.25) is 0 Å². The van der Waals surface area contributed by atoms with E-state index in [1.54, 1.807) is 4.90 Å². The summed E-state index contributed by atoms with van der Waals surface area (Å²) in [5.74, 6) is -0.294. The minimum Gasteiger partial charge on any atom is -0.347 e. The van der Waals surface area contributed by atoms with Crippen molar-refractivity contribution < 1.29 is 9.59 Å². The van der Waals surface area contributed by atoms with Gasteiger partial charge in [0.05, 0.1) is 18.7 Å². The fourth-order valence-electron chi connectivity index (χ4n) is 2.79. The van der Waals surface area contributed by atoms with Crippen molar-refractivity contribution in [3.05, 3.63) is 77.3 Å². The molecule has 2 amide bonds. The fourth-order valence-corrected chi connectivity index (χ4v) is 3.62. The van der Waals surface area contributed by atoms with Crippen molar-refractivity contribution in [3.63, 3.8) is 0 Å². The second-order valence-electron chi connectivity index (χ2n) is 6.36. The van der Waals surface area contributed by atoms with Crippen LogP contribution in [0.3, 0.4) is 0 Å². The van der Waals surface area contributed by atoms with Gasteiger partial charge in [-0.25, -0.2) is 4.98 Å². The molecule has 1 N–H and O–H groups in total. The summed E-state index contributed by atoms with van der Waals surface area (Å²) in [4.78, 5) is 30.9. The Kier molecular flexibility index (Phi) is 6.92. The summed E-state index contributed by atoms with van der Waals surface area (Å²) in [5.41, 5.74) is 2.82. The van der Waals surface area contributed by atoms with E-state index >= 15 is 0 Å². The fraction of sp³-hybridized carbons (Fsp3) is 0.227. The highest BCUT2D eigenvalue weighted by Gasteiger charge is 2.14. The van der Waals surface area contributed by atoms with Gasteiger partial charge < -0.3 is 10.2 Å². The van der Waals surface area contributed by atoms with Gasteiger partial charge in [0.25, 0.3) is 0 Å². The van der Waals surface area contributed by atoms with Crippen molar-refractivity contribution in [2.45, 2.75) is 19.9 Å². The van der Waals surface area contributed by atoms with Crippen molar-refractivity contribution >= 4 is 23.2 Å². The van der Waals surface area contributed by atoms with Gasteiger partial charge in [0, 0.05) is 24.0 Å². The lowest BCUT2D eigenvalue weighted by Gasteiger charge is -2.21. The SMILES string of the molecule is CCN(Cc1ccccc1)C(=O)CNC(=O)Cc1csc(-c2ccccc2)n1. The van der Waals surface area contributed by atoms with Gasteiger partial charge in [0.1, 0.15) is 5.01 Å². The number of benzene rings is 2. The van der Waals surface area contributed by atoms with Gasteiger partial charge in [-0.1, -0.05) is 60.7 Å². The molecule has 144 valence electrons. The number of nitrogens with one attached hydrogen (secondary N) is 1. The topological polar surface area (TPSA) is 62.3 Å². The molecular weight excluding hydrogens is 370 g/mol. The molecule has 2 aromatic carbocycles. The molecule has 0 unspecified atom stereocenters. The van der Waals surface area contributed by atoms with E-state index in [1.165, 1.54) is 11.3 Å². The first kappa shape index (κ1) is 19.8.